The molecular weight excluding hydrogens is 324 g/mol. The van der Waals surface area contributed by atoms with Gasteiger partial charge in [0.1, 0.15) is 17.8 Å². The van der Waals surface area contributed by atoms with Crippen molar-refractivity contribution < 1.29 is 14.3 Å². The molecule has 0 atom stereocenters. The molecule has 24 heavy (non-hydrogen) atoms. The smallest absolute Gasteiger partial charge is 0.337 e. The Morgan fingerprint density at radius 1 is 1.21 bits per heavy atom. The lowest BCUT2D eigenvalue weighted by Gasteiger charge is -2.08. The van der Waals surface area contributed by atoms with Gasteiger partial charge in [-0.2, -0.15) is 0 Å². The van der Waals surface area contributed by atoms with E-state index >= 15 is 0 Å². The number of thiophene rings is 1. The van der Waals surface area contributed by atoms with Crippen molar-refractivity contribution >= 4 is 27.5 Å². The minimum Gasteiger partial charge on any atom is -0.472 e. The van der Waals surface area contributed by atoms with Gasteiger partial charge in [0, 0.05) is 4.88 Å². The maximum Gasteiger partial charge on any atom is 0.337 e. The van der Waals surface area contributed by atoms with Crippen molar-refractivity contribution in [3.8, 4) is 5.88 Å². The molecule has 1 aromatic carbocycles. The third kappa shape index (κ3) is 2.63. The molecule has 4 rings (SSSR count). The monoisotopic (exact) mass is 340 g/mol. The number of methoxy groups -OCH3 is 1. The maximum absolute atomic E-state index is 11.5. The molecule has 0 spiro atoms. The number of esters is 1. The first kappa shape index (κ1) is 15.1. The topological polar surface area (TPSA) is 61.3 Å². The Balaban J connectivity index is 1.56. The number of aryl methyl sites for hydroxylation is 2. The Morgan fingerprint density at radius 2 is 2.04 bits per heavy atom. The number of fused-ring (bicyclic) bond motifs is 3. The number of benzene rings is 1. The lowest BCUT2D eigenvalue weighted by atomic mass is 10.1. The van der Waals surface area contributed by atoms with Crippen LogP contribution in [0.15, 0.2) is 30.6 Å². The first-order valence-corrected chi connectivity index (χ1v) is 8.63. The highest BCUT2D eigenvalue weighted by Gasteiger charge is 2.21. The van der Waals surface area contributed by atoms with E-state index in [1.165, 1.54) is 24.0 Å². The Hall–Kier alpha value is -2.47. The molecular formula is C18H16N2O3S. The van der Waals surface area contributed by atoms with Crippen LogP contribution in [0.5, 0.6) is 5.88 Å². The molecule has 0 N–H and O–H groups in total. The average Bonchev–Trinajstić information content (AvgIpc) is 3.20. The highest BCUT2D eigenvalue weighted by atomic mass is 32.1. The van der Waals surface area contributed by atoms with Gasteiger partial charge in [0.15, 0.2) is 0 Å². The SMILES string of the molecule is COC(=O)c1ccc(COc2ncnc3sc4c(c23)CCC4)cc1. The first-order chi connectivity index (χ1) is 11.8. The van der Waals surface area contributed by atoms with Crippen LogP contribution >= 0.6 is 11.3 Å². The molecule has 0 fully saturated rings. The molecule has 0 radical (unpaired) electrons. The van der Waals surface area contributed by atoms with Crippen molar-refractivity contribution in [2.45, 2.75) is 25.9 Å². The Bertz CT molecular complexity index is 903. The minimum absolute atomic E-state index is 0.339. The highest BCUT2D eigenvalue weighted by molar-refractivity contribution is 7.18. The number of rotatable bonds is 4. The fourth-order valence-corrected chi connectivity index (χ4v) is 4.24. The molecule has 1 aliphatic carbocycles. The van der Waals surface area contributed by atoms with Crippen LogP contribution < -0.4 is 4.74 Å². The fourth-order valence-electron chi connectivity index (χ4n) is 3.02. The molecule has 0 saturated carbocycles. The lowest BCUT2D eigenvalue weighted by molar-refractivity contribution is 0.0600. The Morgan fingerprint density at radius 3 is 2.83 bits per heavy atom. The largest absolute Gasteiger partial charge is 0.472 e. The molecule has 6 heteroatoms. The van der Waals surface area contributed by atoms with Crippen LogP contribution in [-0.2, 0) is 24.2 Å². The number of hydrogen-bond donors (Lipinski definition) is 0. The lowest BCUT2D eigenvalue weighted by Crippen LogP contribution is -2.02. The summed E-state index contributed by atoms with van der Waals surface area (Å²) in [6, 6.07) is 7.20. The molecule has 5 nitrogen and oxygen atoms in total. The highest BCUT2D eigenvalue weighted by Crippen LogP contribution is 2.39. The summed E-state index contributed by atoms with van der Waals surface area (Å²) in [5.41, 5.74) is 2.86. The number of nitrogens with zero attached hydrogens (tertiary/aromatic N) is 2. The molecule has 0 aliphatic heterocycles. The summed E-state index contributed by atoms with van der Waals surface area (Å²) in [6.45, 7) is 0.401. The molecule has 0 saturated heterocycles. The maximum atomic E-state index is 11.5. The van der Waals surface area contributed by atoms with Crippen molar-refractivity contribution in [3.05, 3.63) is 52.2 Å². The summed E-state index contributed by atoms with van der Waals surface area (Å²) < 4.78 is 10.7. The quantitative estimate of drug-likeness (QED) is 0.680. The van der Waals surface area contributed by atoms with Crippen LogP contribution in [-0.4, -0.2) is 23.0 Å². The van der Waals surface area contributed by atoms with Gasteiger partial charge in [-0.3, -0.25) is 0 Å². The predicted molar refractivity (Wildman–Crippen MR) is 91.6 cm³/mol. The molecule has 0 bridgehead atoms. The zero-order valence-electron chi connectivity index (χ0n) is 13.2. The molecule has 122 valence electrons. The van der Waals surface area contributed by atoms with Gasteiger partial charge in [0.25, 0.3) is 0 Å². The molecule has 0 unspecified atom stereocenters. The van der Waals surface area contributed by atoms with E-state index in [2.05, 4.69) is 9.97 Å². The van der Waals surface area contributed by atoms with E-state index in [4.69, 9.17) is 9.47 Å². The second kappa shape index (κ2) is 6.20. The van der Waals surface area contributed by atoms with Crippen LogP contribution in [0.3, 0.4) is 0 Å². The van der Waals surface area contributed by atoms with Crippen molar-refractivity contribution in [3.63, 3.8) is 0 Å². The van der Waals surface area contributed by atoms with Crippen LogP contribution in [0.25, 0.3) is 10.2 Å². The molecule has 0 amide bonds. The van der Waals surface area contributed by atoms with Gasteiger partial charge in [-0.1, -0.05) is 12.1 Å². The van der Waals surface area contributed by atoms with Gasteiger partial charge in [-0.15, -0.1) is 11.3 Å². The van der Waals surface area contributed by atoms with Gasteiger partial charge >= 0.3 is 5.97 Å². The van der Waals surface area contributed by atoms with E-state index in [-0.39, 0.29) is 5.97 Å². The third-order valence-electron chi connectivity index (χ3n) is 4.22. The summed E-state index contributed by atoms with van der Waals surface area (Å²) in [5.74, 6) is 0.310. The van der Waals surface area contributed by atoms with Crippen LogP contribution in [0.1, 0.15) is 32.8 Å². The summed E-state index contributed by atoms with van der Waals surface area (Å²) in [5, 5.41) is 1.07. The fraction of sp³-hybridized carbons (Fsp3) is 0.278. The van der Waals surface area contributed by atoms with E-state index < -0.39 is 0 Å². The number of hydrogen-bond acceptors (Lipinski definition) is 6. The first-order valence-electron chi connectivity index (χ1n) is 7.81. The van der Waals surface area contributed by atoms with Gasteiger partial charge in [-0.25, -0.2) is 14.8 Å². The van der Waals surface area contributed by atoms with Gasteiger partial charge in [0.2, 0.25) is 5.88 Å². The van der Waals surface area contributed by atoms with Crippen molar-refractivity contribution in [2.24, 2.45) is 0 Å². The Labute approximate surface area is 143 Å². The summed E-state index contributed by atoms with van der Waals surface area (Å²) in [7, 11) is 1.37. The van der Waals surface area contributed by atoms with Gasteiger partial charge in [-0.05, 0) is 42.5 Å². The third-order valence-corrected chi connectivity index (χ3v) is 5.42. The predicted octanol–water partition coefficient (Wildman–Crippen LogP) is 3.55. The molecule has 2 heterocycles. The van der Waals surface area contributed by atoms with Crippen molar-refractivity contribution in [2.75, 3.05) is 7.11 Å². The zero-order chi connectivity index (χ0) is 16.5. The van der Waals surface area contributed by atoms with E-state index in [0.29, 0.717) is 18.1 Å². The van der Waals surface area contributed by atoms with E-state index in [0.717, 1.165) is 28.6 Å². The number of carbonyl (C=O) groups is 1. The number of aromatic nitrogens is 2. The molecule has 3 aromatic rings. The second-order valence-corrected chi connectivity index (χ2v) is 6.78. The zero-order valence-corrected chi connectivity index (χ0v) is 14.1. The normalized spacial score (nSPS) is 13.0. The van der Waals surface area contributed by atoms with Crippen LogP contribution in [0, 0.1) is 0 Å². The van der Waals surface area contributed by atoms with E-state index in [9.17, 15) is 4.79 Å². The number of ether oxygens (including phenoxy) is 2. The van der Waals surface area contributed by atoms with Crippen LogP contribution in [0.4, 0.5) is 0 Å². The van der Waals surface area contributed by atoms with Crippen molar-refractivity contribution in [1.82, 2.24) is 9.97 Å². The van der Waals surface area contributed by atoms with Gasteiger partial charge < -0.3 is 9.47 Å². The van der Waals surface area contributed by atoms with Crippen molar-refractivity contribution in [1.29, 1.82) is 0 Å². The van der Waals surface area contributed by atoms with E-state index in [1.807, 2.05) is 12.1 Å². The molecule has 2 aromatic heterocycles. The Kier molecular flexibility index (Phi) is 3.90. The number of carbonyl (C=O) groups excluding carboxylic acids is 1. The summed E-state index contributed by atoms with van der Waals surface area (Å²) in [6.07, 6.45) is 4.96. The van der Waals surface area contributed by atoms with E-state index in [1.54, 1.807) is 29.8 Å². The minimum atomic E-state index is -0.339. The molecule has 1 aliphatic rings. The van der Waals surface area contributed by atoms with Gasteiger partial charge in [0.05, 0.1) is 18.1 Å². The summed E-state index contributed by atoms with van der Waals surface area (Å²) >= 11 is 1.75. The van der Waals surface area contributed by atoms with Crippen LogP contribution in [0.2, 0.25) is 0 Å². The summed E-state index contributed by atoms with van der Waals surface area (Å²) in [4.78, 5) is 22.6. The second-order valence-electron chi connectivity index (χ2n) is 5.69. The standard InChI is InChI=1S/C18H16N2O3S/c1-22-18(21)12-7-5-11(6-8-12)9-23-16-15-13-3-2-4-14(13)24-17(15)20-10-19-16/h5-8,10H,2-4,9H2,1H3. The average molecular weight is 340 g/mol.